The van der Waals surface area contributed by atoms with Crippen LogP contribution in [0.3, 0.4) is 0 Å². The summed E-state index contributed by atoms with van der Waals surface area (Å²) in [7, 11) is 0. The van der Waals surface area contributed by atoms with E-state index in [9.17, 15) is 0 Å². The molecule has 2 aliphatic heterocycles. The molecule has 0 radical (unpaired) electrons. The highest BCUT2D eigenvalue weighted by molar-refractivity contribution is 7.22. The van der Waals surface area contributed by atoms with Gasteiger partial charge in [-0.15, -0.1) is 22.7 Å². The second-order valence-electron chi connectivity index (χ2n) is 22.0. The Balaban J connectivity index is 0.722. The van der Waals surface area contributed by atoms with Crippen LogP contribution in [0, 0.1) is 0 Å². The van der Waals surface area contributed by atoms with E-state index in [0.29, 0.717) is 26.4 Å². The number of benzene rings is 12. The summed E-state index contributed by atoms with van der Waals surface area (Å²) in [5, 5.41) is 7.15. The molecule has 9 heteroatoms. The van der Waals surface area contributed by atoms with Gasteiger partial charge in [0.15, 0.2) is 12.6 Å². The van der Waals surface area contributed by atoms with E-state index in [4.69, 9.17) is 18.9 Å². The fourth-order valence-corrected chi connectivity index (χ4v) is 14.5. The van der Waals surface area contributed by atoms with E-state index < -0.39 is 0 Å². The van der Waals surface area contributed by atoms with Gasteiger partial charge in [0, 0.05) is 80.9 Å². The van der Waals surface area contributed by atoms with Crippen LogP contribution in [0.25, 0.3) is 73.7 Å². The molecule has 0 bridgehead atoms. The molecular weight excluding hydrogens is 1110 g/mol. The minimum Gasteiger partial charge on any atom is -0.346 e. The van der Waals surface area contributed by atoms with Gasteiger partial charge in [0.25, 0.3) is 0 Å². The molecule has 2 fully saturated rings. The van der Waals surface area contributed by atoms with Crippen molar-refractivity contribution >= 4 is 116 Å². The average molecular weight is 1160 g/mol. The van der Waals surface area contributed by atoms with E-state index in [-0.39, 0.29) is 12.6 Å². The average Bonchev–Trinajstić information content (AvgIpc) is 2.59. The SMILES string of the molecule is c1ccc(-c2ccc(N(c3ccc4sc(-c5ccc(N(c6ccc(C7OCCO7)cc6)c6cccc7ccccc67)cc5)cc4c3)c3ccc4sc(-c5ccc(N(c6ccc(C7OCCO7)cc6)c6cccc7ccccc67)cc5)cc4c3)cc2)cc1. The molecule has 0 aliphatic carbocycles. The van der Waals surface area contributed by atoms with Crippen LogP contribution in [-0.4, -0.2) is 26.4 Å². The topological polar surface area (TPSA) is 46.6 Å². The number of thiophene rings is 2. The van der Waals surface area contributed by atoms with Gasteiger partial charge in [-0.2, -0.15) is 0 Å². The van der Waals surface area contributed by atoms with Gasteiger partial charge < -0.3 is 33.6 Å². The molecule has 2 saturated heterocycles. The molecular formula is C78H57N3O4S2. The number of nitrogens with zero attached hydrogens (tertiary/aromatic N) is 3. The summed E-state index contributed by atoms with van der Waals surface area (Å²) in [5.41, 5.74) is 16.5. The van der Waals surface area contributed by atoms with E-state index in [1.54, 1.807) is 0 Å². The van der Waals surface area contributed by atoms with E-state index in [1.165, 1.54) is 73.7 Å². The molecule has 16 rings (SSSR count). The van der Waals surface area contributed by atoms with Crippen LogP contribution in [0.1, 0.15) is 23.7 Å². The van der Waals surface area contributed by atoms with Crippen molar-refractivity contribution in [2.45, 2.75) is 12.6 Å². The van der Waals surface area contributed by atoms with Crippen LogP contribution in [0.4, 0.5) is 51.2 Å². The van der Waals surface area contributed by atoms with Gasteiger partial charge in [0.05, 0.1) is 37.8 Å². The summed E-state index contributed by atoms with van der Waals surface area (Å²) in [6, 6.07) is 104. The quantitative estimate of drug-likeness (QED) is 0.108. The second kappa shape index (κ2) is 23.0. The third-order valence-corrected chi connectivity index (χ3v) is 19.0. The number of hydrogen-bond acceptors (Lipinski definition) is 9. The normalized spacial score (nSPS) is 13.7. The first-order valence-electron chi connectivity index (χ1n) is 29.5. The Morgan fingerprint density at radius 2 is 0.609 bits per heavy atom. The van der Waals surface area contributed by atoms with E-state index in [2.05, 4.69) is 300 Å². The lowest BCUT2D eigenvalue weighted by Crippen LogP contribution is -2.10. The zero-order chi connectivity index (χ0) is 57.6. The van der Waals surface area contributed by atoms with Gasteiger partial charge in [-0.1, -0.05) is 164 Å². The lowest BCUT2D eigenvalue weighted by molar-refractivity contribution is -0.0443. The first-order valence-corrected chi connectivity index (χ1v) is 31.2. The number of ether oxygens (including phenoxy) is 4. The maximum Gasteiger partial charge on any atom is 0.184 e. The lowest BCUT2D eigenvalue weighted by Gasteiger charge is -2.27. The second-order valence-corrected chi connectivity index (χ2v) is 24.2. The summed E-state index contributed by atoms with van der Waals surface area (Å²) in [4.78, 5) is 9.53. The van der Waals surface area contributed by atoms with Gasteiger partial charge in [-0.05, 0) is 165 Å². The van der Waals surface area contributed by atoms with Crippen LogP contribution in [0.15, 0.2) is 285 Å². The monoisotopic (exact) mass is 1160 g/mol. The highest BCUT2D eigenvalue weighted by atomic mass is 32.1. The van der Waals surface area contributed by atoms with E-state index in [0.717, 1.165) is 62.3 Å². The first-order chi connectivity index (χ1) is 43.1. The van der Waals surface area contributed by atoms with Crippen molar-refractivity contribution in [1.29, 1.82) is 0 Å². The third kappa shape index (κ3) is 10.3. The van der Waals surface area contributed by atoms with Crippen molar-refractivity contribution < 1.29 is 18.9 Å². The summed E-state index contributed by atoms with van der Waals surface area (Å²) in [6.07, 6.45) is -0.660. The fourth-order valence-electron chi connectivity index (χ4n) is 12.4. The van der Waals surface area contributed by atoms with Crippen molar-refractivity contribution in [2.75, 3.05) is 41.1 Å². The Morgan fingerprint density at radius 3 is 1.05 bits per heavy atom. The van der Waals surface area contributed by atoms with Gasteiger partial charge in [0.2, 0.25) is 0 Å². The number of hydrogen-bond donors (Lipinski definition) is 0. The molecule has 7 nitrogen and oxygen atoms in total. The number of fused-ring (bicyclic) bond motifs is 4. The standard InChI is InChI=1S/C78H57N3O4S2/c1-2-10-52(11-3-1)53-20-30-62(31-21-53)79(67-40-42-73-60(48-67)50-75(86-73)56-22-32-63(33-23-56)80(71-18-8-14-54-12-4-6-16-69(54)71)65-36-26-58(27-37-65)77-82-44-45-83-77)68-41-43-74-61(49-68)51-76(87-74)57-24-34-64(35-25-57)81(72-19-9-15-55-13-5-7-17-70(55)72)66-38-28-59(29-39-66)78-84-46-47-85-78/h1-43,48-51,77-78H,44-47H2. The lowest BCUT2D eigenvalue weighted by atomic mass is 10.0. The zero-order valence-corrected chi connectivity index (χ0v) is 49.0. The summed E-state index contributed by atoms with van der Waals surface area (Å²) in [5.74, 6) is 0. The minimum atomic E-state index is -0.330. The van der Waals surface area contributed by atoms with Crippen molar-refractivity contribution in [3.8, 4) is 32.0 Å². The van der Waals surface area contributed by atoms with Crippen LogP contribution in [0.5, 0.6) is 0 Å². The summed E-state index contributed by atoms with van der Waals surface area (Å²) >= 11 is 3.65. The Labute approximate surface area is 513 Å². The van der Waals surface area contributed by atoms with Crippen molar-refractivity contribution in [1.82, 2.24) is 0 Å². The maximum atomic E-state index is 5.85. The Morgan fingerprint density at radius 1 is 0.264 bits per heavy atom. The van der Waals surface area contributed by atoms with Crippen LogP contribution >= 0.6 is 22.7 Å². The smallest absolute Gasteiger partial charge is 0.184 e. The maximum absolute atomic E-state index is 5.85. The largest absolute Gasteiger partial charge is 0.346 e. The predicted molar refractivity (Wildman–Crippen MR) is 362 cm³/mol. The molecule has 4 heterocycles. The van der Waals surface area contributed by atoms with E-state index in [1.807, 2.05) is 22.7 Å². The molecule has 0 unspecified atom stereocenters. The Hall–Kier alpha value is -9.68. The fraction of sp³-hybridized carbons (Fsp3) is 0.0769. The summed E-state index contributed by atoms with van der Waals surface area (Å²) in [6.45, 7) is 2.43. The number of anilines is 9. The first kappa shape index (κ1) is 52.8. The molecule has 14 aromatic rings. The van der Waals surface area contributed by atoms with Crippen molar-refractivity contribution in [3.05, 3.63) is 296 Å². The van der Waals surface area contributed by atoms with Gasteiger partial charge in [0.1, 0.15) is 0 Å². The number of rotatable bonds is 14. The third-order valence-electron chi connectivity index (χ3n) is 16.7. The molecule has 0 atom stereocenters. The Kier molecular flexibility index (Phi) is 13.9. The molecule has 2 aromatic heterocycles. The molecule has 0 spiro atoms. The van der Waals surface area contributed by atoms with Crippen LogP contribution in [0.2, 0.25) is 0 Å². The predicted octanol–water partition coefficient (Wildman–Crippen LogP) is 21.9. The van der Waals surface area contributed by atoms with Crippen molar-refractivity contribution in [3.63, 3.8) is 0 Å². The molecule has 2 aliphatic rings. The molecule has 12 aromatic carbocycles. The summed E-state index contributed by atoms with van der Waals surface area (Å²) < 4.78 is 25.9. The molecule has 0 amide bonds. The molecule has 0 saturated carbocycles. The van der Waals surface area contributed by atoms with Crippen LogP contribution in [-0.2, 0) is 18.9 Å². The van der Waals surface area contributed by atoms with Gasteiger partial charge in [-0.3, -0.25) is 0 Å². The molecule has 420 valence electrons. The van der Waals surface area contributed by atoms with Gasteiger partial charge >= 0.3 is 0 Å². The highest BCUT2D eigenvalue weighted by Crippen LogP contribution is 2.46. The van der Waals surface area contributed by atoms with E-state index >= 15 is 0 Å². The minimum absolute atomic E-state index is 0.330. The molecule has 0 N–H and O–H groups in total. The highest BCUT2D eigenvalue weighted by Gasteiger charge is 2.24. The Bertz CT molecular complexity index is 4490. The van der Waals surface area contributed by atoms with Gasteiger partial charge in [-0.25, -0.2) is 0 Å². The van der Waals surface area contributed by atoms with Crippen LogP contribution < -0.4 is 14.7 Å². The molecule has 87 heavy (non-hydrogen) atoms. The zero-order valence-electron chi connectivity index (χ0n) is 47.4. The van der Waals surface area contributed by atoms with Crippen molar-refractivity contribution in [2.24, 2.45) is 0 Å².